The van der Waals surface area contributed by atoms with Crippen LogP contribution < -0.4 is 5.73 Å². The first-order chi connectivity index (χ1) is 18.2. The molecule has 5 saturated carbocycles. The molecule has 0 amide bonds. The molecule has 0 aromatic rings. The third-order valence-electron chi connectivity index (χ3n) is 15.4. The molecular formula is C33H57N5S. The van der Waals surface area contributed by atoms with Crippen molar-refractivity contribution in [3.05, 3.63) is 0 Å². The van der Waals surface area contributed by atoms with Crippen LogP contribution in [-0.4, -0.2) is 17.5 Å². The van der Waals surface area contributed by atoms with Crippen LogP contribution in [0.25, 0.3) is 0 Å². The molecule has 39 heavy (non-hydrogen) atoms. The van der Waals surface area contributed by atoms with E-state index in [1.54, 1.807) is 0 Å². The first-order valence-corrected chi connectivity index (χ1v) is 16.9. The minimum absolute atomic E-state index is 0.0128. The highest BCUT2D eigenvalue weighted by atomic mass is 32.1. The smallest absolute Gasteiger partial charge is 0.186 e. The van der Waals surface area contributed by atoms with Crippen LogP contribution in [-0.2, 0) is 0 Å². The maximum absolute atomic E-state index is 7.22. The van der Waals surface area contributed by atoms with E-state index < -0.39 is 0 Å². The van der Waals surface area contributed by atoms with Gasteiger partial charge in [0.15, 0.2) is 6.17 Å². The molecule has 1 heterocycles. The Morgan fingerprint density at radius 1 is 0.821 bits per heavy atom. The lowest BCUT2D eigenvalue weighted by molar-refractivity contribution is -0.259. The summed E-state index contributed by atoms with van der Waals surface area (Å²) in [5.41, 5.74) is 8.94. The molecule has 0 aromatic heterocycles. The fourth-order valence-corrected chi connectivity index (χ4v) is 14.3. The molecule has 2 N–H and O–H groups in total. The second-order valence-electron chi connectivity index (χ2n) is 17.2. The molecule has 0 saturated heterocycles. The van der Waals surface area contributed by atoms with Gasteiger partial charge in [-0.2, -0.15) is 12.6 Å². The summed E-state index contributed by atoms with van der Waals surface area (Å²) >= 11 is 5.38. The zero-order valence-electron chi connectivity index (χ0n) is 26.2. The fourth-order valence-electron chi connectivity index (χ4n) is 13.3. The van der Waals surface area contributed by atoms with E-state index in [-0.39, 0.29) is 23.0 Å². The largest absolute Gasteiger partial charge is 0.327 e. The molecule has 0 spiro atoms. The number of hydrogen-bond acceptors (Lipinski definition) is 6. The third kappa shape index (κ3) is 3.87. The summed E-state index contributed by atoms with van der Waals surface area (Å²) < 4.78 is 0. The molecular weight excluding hydrogens is 498 g/mol. The Labute approximate surface area is 244 Å². The van der Waals surface area contributed by atoms with Crippen molar-refractivity contribution < 1.29 is 0 Å². The number of thiol groups is 1. The highest BCUT2D eigenvalue weighted by molar-refractivity contribution is 7.81. The first kappa shape index (κ1) is 28.6. The van der Waals surface area contributed by atoms with Crippen LogP contribution in [0.2, 0.25) is 0 Å². The Bertz CT molecular complexity index is 1020. The lowest BCUT2D eigenvalue weighted by Gasteiger charge is -2.75. The van der Waals surface area contributed by atoms with E-state index in [1.165, 1.54) is 51.4 Å². The van der Waals surface area contributed by atoms with Crippen molar-refractivity contribution in [2.45, 2.75) is 137 Å². The highest BCUT2D eigenvalue weighted by Crippen LogP contribution is 2.78. The van der Waals surface area contributed by atoms with Crippen molar-refractivity contribution in [1.29, 1.82) is 0 Å². The van der Waals surface area contributed by atoms with Crippen LogP contribution in [0.15, 0.2) is 20.7 Å². The molecule has 1 aliphatic heterocycles. The van der Waals surface area contributed by atoms with E-state index in [1.807, 2.05) is 0 Å². The summed E-state index contributed by atoms with van der Waals surface area (Å²) in [5.74, 6) is 5.15. The van der Waals surface area contributed by atoms with Gasteiger partial charge in [-0.15, -0.1) is 10.2 Å². The van der Waals surface area contributed by atoms with Gasteiger partial charge in [-0.05, 0) is 137 Å². The van der Waals surface area contributed by atoms with Crippen LogP contribution in [0.3, 0.4) is 0 Å². The van der Waals surface area contributed by atoms with Crippen molar-refractivity contribution in [3.63, 3.8) is 0 Å². The van der Waals surface area contributed by atoms with Gasteiger partial charge in [-0.25, -0.2) is 0 Å². The van der Waals surface area contributed by atoms with Gasteiger partial charge >= 0.3 is 0 Å². The minimum Gasteiger partial charge on any atom is -0.327 e. The van der Waals surface area contributed by atoms with E-state index in [4.69, 9.17) is 18.4 Å². The van der Waals surface area contributed by atoms with Crippen LogP contribution in [0, 0.1) is 68.5 Å². The predicted octanol–water partition coefficient (Wildman–Crippen LogP) is 9.14. The van der Waals surface area contributed by atoms with E-state index in [9.17, 15) is 0 Å². The lowest BCUT2D eigenvalue weighted by Crippen LogP contribution is -2.70. The SMILES string of the molecule is C[C@@H]1[C@H]2[C@H]3CC[C@@H]4[C@@]5(C)C(C(N)CC6N=NN=N6)C(S)CC(C)(C)[C@@H]5CC[C@@]4(C)[C@]3(C)CC[C@@]2(C)CC[C@H]1C. The van der Waals surface area contributed by atoms with Gasteiger partial charge in [0, 0.05) is 17.7 Å². The predicted molar refractivity (Wildman–Crippen MR) is 162 cm³/mol. The molecule has 5 nitrogen and oxygen atoms in total. The van der Waals surface area contributed by atoms with E-state index in [2.05, 4.69) is 76.1 Å². The number of nitrogens with two attached hydrogens (primary N) is 1. The van der Waals surface area contributed by atoms with Gasteiger partial charge in [-0.1, -0.05) is 55.4 Å². The van der Waals surface area contributed by atoms with Crippen LogP contribution in [0.5, 0.6) is 0 Å². The summed E-state index contributed by atoms with van der Waals surface area (Å²) in [4.78, 5) is 0. The Morgan fingerprint density at radius 2 is 1.51 bits per heavy atom. The zero-order valence-corrected chi connectivity index (χ0v) is 27.1. The summed E-state index contributed by atoms with van der Waals surface area (Å²) in [6, 6.07) is 0.0128. The maximum atomic E-state index is 7.22. The molecule has 3 unspecified atom stereocenters. The van der Waals surface area contributed by atoms with E-state index in [0.717, 1.165) is 36.5 Å². The summed E-state index contributed by atoms with van der Waals surface area (Å²) in [6.07, 6.45) is 12.8. The van der Waals surface area contributed by atoms with Gasteiger partial charge in [0.2, 0.25) is 0 Å². The topological polar surface area (TPSA) is 75.5 Å². The van der Waals surface area contributed by atoms with E-state index >= 15 is 0 Å². The Balaban J connectivity index is 1.40. The normalized spacial score (nSPS) is 55.3. The van der Waals surface area contributed by atoms with Crippen LogP contribution in [0.4, 0.5) is 0 Å². The standard InChI is InChI=1S/C33H57N5S/c1-19-11-13-30(5)15-16-31(6)21(27(30)20(19)2)9-10-25-32(31,7)14-12-24-29(3,4)18-23(39)28(33(24,25)8)22(34)17-26-35-37-38-36-26/h19-28,39H,9-18,34H2,1-8H3/t19-,20+,21-,22?,23?,24+,25+,27+,28?,30-,31-,32-,33+/m1/s1. The van der Waals surface area contributed by atoms with Crippen molar-refractivity contribution in [3.8, 4) is 0 Å². The molecule has 5 aliphatic carbocycles. The van der Waals surface area contributed by atoms with Crippen molar-refractivity contribution >= 4 is 12.6 Å². The molecule has 6 rings (SSSR count). The van der Waals surface area contributed by atoms with Crippen LogP contribution >= 0.6 is 12.6 Å². The second kappa shape index (κ2) is 9.25. The van der Waals surface area contributed by atoms with Gasteiger partial charge < -0.3 is 5.73 Å². The Morgan fingerprint density at radius 3 is 2.21 bits per heavy atom. The Kier molecular flexibility index (Phi) is 6.79. The van der Waals surface area contributed by atoms with Gasteiger partial charge in [0.1, 0.15) is 0 Å². The molecule has 0 aromatic carbocycles. The lowest BCUT2D eigenvalue weighted by atomic mass is 9.30. The summed E-state index contributed by atoms with van der Waals surface area (Å²) in [7, 11) is 0. The number of rotatable bonds is 3. The average Bonchev–Trinajstić information content (AvgIpc) is 3.34. The van der Waals surface area contributed by atoms with Gasteiger partial charge in [-0.3, -0.25) is 0 Å². The maximum Gasteiger partial charge on any atom is 0.186 e. The number of hydrogen-bond donors (Lipinski definition) is 2. The molecule has 220 valence electrons. The quantitative estimate of drug-likeness (QED) is 0.335. The zero-order chi connectivity index (χ0) is 28.2. The van der Waals surface area contributed by atoms with Crippen molar-refractivity contribution in [1.82, 2.24) is 0 Å². The van der Waals surface area contributed by atoms with E-state index in [0.29, 0.717) is 39.2 Å². The van der Waals surface area contributed by atoms with Crippen molar-refractivity contribution in [2.24, 2.45) is 94.9 Å². The molecule has 0 radical (unpaired) electrons. The van der Waals surface area contributed by atoms with Gasteiger partial charge in [0.25, 0.3) is 0 Å². The van der Waals surface area contributed by atoms with Crippen molar-refractivity contribution in [2.75, 3.05) is 0 Å². The molecule has 13 atom stereocenters. The second-order valence-corrected chi connectivity index (χ2v) is 17.8. The minimum atomic E-state index is -0.216. The summed E-state index contributed by atoms with van der Waals surface area (Å²) in [6.45, 7) is 21.1. The molecule has 6 aliphatic rings. The first-order valence-electron chi connectivity index (χ1n) is 16.4. The number of fused-ring (bicyclic) bond motifs is 7. The Hall–Kier alpha value is -0.490. The molecule has 6 heteroatoms. The van der Waals surface area contributed by atoms with Gasteiger partial charge in [0.05, 0.1) is 0 Å². The highest BCUT2D eigenvalue weighted by Gasteiger charge is 2.71. The number of nitrogens with zero attached hydrogens (tertiary/aromatic N) is 4. The average molecular weight is 556 g/mol. The monoisotopic (exact) mass is 555 g/mol. The fraction of sp³-hybridized carbons (Fsp3) is 1.00. The molecule has 5 fully saturated rings. The molecule has 0 bridgehead atoms. The third-order valence-corrected chi connectivity index (χ3v) is 15.9. The van der Waals surface area contributed by atoms with Crippen LogP contribution in [0.1, 0.15) is 120 Å². The summed E-state index contributed by atoms with van der Waals surface area (Å²) in [5, 5.41) is 16.4.